The molecule has 11 heteroatoms. The maximum absolute atomic E-state index is 12.3. The van der Waals surface area contributed by atoms with Gasteiger partial charge < -0.3 is 14.9 Å². The summed E-state index contributed by atoms with van der Waals surface area (Å²) in [6.45, 7) is 0. The average Bonchev–Trinajstić information content (AvgIpc) is 2.10. The molecule has 0 spiro atoms. The summed E-state index contributed by atoms with van der Waals surface area (Å²) >= 11 is 0. The normalized spacial score (nSPS) is 12.2. The van der Waals surface area contributed by atoms with Crippen molar-refractivity contribution in [2.24, 2.45) is 5.92 Å². The molecule has 0 saturated heterocycles. The van der Waals surface area contributed by atoms with Crippen LogP contribution in [0, 0.1) is 5.92 Å². The van der Waals surface area contributed by atoms with Crippen molar-refractivity contribution in [3.63, 3.8) is 0 Å². The molecule has 0 bridgehead atoms. The Labute approximate surface area is 101 Å². The standard InChI is InChI=1S/C8H6F6O5/c1-19-3(2(5(15)16)6(17)18)4(7(9,10)11)8(12,13)14/h4H,1H3,(H,15,16)(H,17,18). The quantitative estimate of drug-likeness (QED) is 0.272. The first-order valence-corrected chi connectivity index (χ1v) is 4.22. The summed E-state index contributed by atoms with van der Waals surface area (Å²) in [5.74, 6) is -11.5. The van der Waals surface area contributed by atoms with Gasteiger partial charge in [0.2, 0.25) is 5.92 Å². The van der Waals surface area contributed by atoms with E-state index in [-0.39, 0.29) is 0 Å². The van der Waals surface area contributed by atoms with Gasteiger partial charge in [0.05, 0.1) is 7.11 Å². The first kappa shape index (κ1) is 17.1. The van der Waals surface area contributed by atoms with E-state index in [0.29, 0.717) is 7.11 Å². The Hall–Kier alpha value is -1.94. The van der Waals surface area contributed by atoms with E-state index in [1.807, 2.05) is 0 Å². The molecule has 0 rings (SSSR count). The summed E-state index contributed by atoms with van der Waals surface area (Å²) in [6, 6.07) is 0. The molecule has 5 nitrogen and oxygen atoms in total. The first-order valence-electron chi connectivity index (χ1n) is 4.22. The molecule has 0 aliphatic heterocycles. The molecular weight excluding hydrogens is 290 g/mol. The van der Waals surface area contributed by atoms with Gasteiger partial charge in [-0.2, -0.15) is 26.3 Å². The predicted octanol–water partition coefficient (Wildman–Crippen LogP) is 1.80. The number of halogens is 6. The van der Waals surface area contributed by atoms with Crippen LogP contribution in [0.1, 0.15) is 0 Å². The molecule has 2 N–H and O–H groups in total. The van der Waals surface area contributed by atoms with Gasteiger partial charge in [0.15, 0.2) is 5.57 Å². The van der Waals surface area contributed by atoms with Crippen LogP contribution in [0.5, 0.6) is 0 Å². The maximum atomic E-state index is 12.3. The molecule has 0 saturated carbocycles. The fraction of sp³-hybridized carbons (Fsp3) is 0.500. The third kappa shape index (κ3) is 4.03. The summed E-state index contributed by atoms with van der Waals surface area (Å²) in [6.07, 6.45) is -11.9. The molecule has 0 amide bonds. The van der Waals surface area contributed by atoms with Gasteiger partial charge >= 0.3 is 24.3 Å². The van der Waals surface area contributed by atoms with E-state index in [1.54, 1.807) is 0 Å². The summed E-state index contributed by atoms with van der Waals surface area (Å²) in [5, 5.41) is 16.7. The number of ether oxygens (including phenoxy) is 1. The molecule has 0 aliphatic carbocycles. The number of rotatable bonds is 4. The largest absolute Gasteiger partial charge is 0.499 e. The lowest BCUT2D eigenvalue weighted by Gasteiger charge is -2.25. The van der Waals surface area contributed by atoms with Crippen LogP contribution in [0.15, 0.2) is 11.3 Å². The third-order valence-corrected chi connectivity index (χ3v) is 1.81. The molecule has 0 radical (unpaired) electrons. The first-order chi connectivity index (χ1) is 8.34. The highest BCUT2D eigenvalue weighted by atomic mass is 19.4. The van der Waals surface area contributed by atoms with Crippen LogP contribution in [0.25, 0.3) is 0 Å². The average molecular weight is 296 g/mol. The maximum Gasteiger partial charge on any atom is 0.407 e. The molecule has 0 unspecified atom stereocenters. The highest BCUT2D eigenvalue weighted by molar-refractivity contribution is 6.13. The molecule has 110 valence electrons. The second-order valence-corrected chi connectivity index (χ2v) is 3.07. The zero-order valence-electron chi connectivity index (χ0n) is 8.96. The van der Waals surface area contributed by atoms with Crippen LogP contribution in [-0.4, -0.2) is 41.6 Å². The summed E-state index contributed by atoms with van der Waals surface area (Å²) in [4.78, 5) is 20.9. The Morgan fingerprint density at radius 1 is 0.947 bits per heavy atom. The van der Waals surface area contributed by atoms with Crippen molar-refractivity contribution in [3.8, 4) is 0 Å². The van der Waals surface area contributed by atoms with E-state index in [2.05, 4.69) is 4.74 Å². The van der Waals surface area contributed by atoms with Crippen molar-refractivity contribution >= 4 is 11.9 Å². The lowest BCUT2D eigenvalue weighted by molar-refractivity contribution is -0.279. The minimum atomic E-state index is -5.96. The van der Waals surface area contributed by atoms with Gasteiger partial charge in [0, 0.05) is 0 Å². The minimum Gasteiger partial charge on any atom is -0.499 e. The number of methoxy groups -OCH3 is 1. The molecular formula is C8H6F6O5. The Morgan fingerprint density at radius 3 is 1.42 bits per heavy atom. The van der Waals surface area contributed by atoms with Gasteiger partial charge in [-0.25, -0.2) is 9.59 Å². The van der Waals surface area contributed by atoms with Crippen LogP contribution in [0.4, 0.5) is 26.3 Å². The number of hydrogen-bond acceptors (Lipinski definition) is 3. The molecule has 19 heavy (non-hydrogen) atoms. The Balaban J connectivity index is 6.23. The Kier molecular flexibility index (Phi) is 4.82. The van der Waals surface area contributed by atoms with E-state index in [9.17, 15) is 35.9 Å². The van der Waals surface area contributed by atoms with Gasteiger partial charge in [-0.05, 0) is 0 Å². The van der Waals surface area contributed by atoms with Gasteiger partial charge in [0.1, 0.15) is 5.76 Å². The SMILES string of the molecule is COC(=C(C(=O)O)C(=O)O)C(C(F)(F)F)C(F)(F)F. The number of alkyl halides is 6. The number of carboxylic acids is 2. The van der Waals surface area contributed by atoms with Crippen molar-refractivity contribution in [2.75, 3.05) is 7.11 Å². The Morgan fingerprint density at radius 2 is 1.26 bits per heavy atom. The van der Waals surface area contributed by atoms with Gasteiger partial charge in [0.25, 0.3) is 0 Å². The number of aliphatic carboxylic acids is 2. The van der Waals surface area contributed by atoms with Crippen LogP contribution < -0.4 is 0 Å². The van der Waals surface area contributed by atoms with Gasteiger partial charge in [-0.15, -0.1) is 0 Å². The molecule has 0 aromatic rings. The smallest absolute Gasteiger partial charge is 0.407 e. The second-order valence-electron chi connectivity index (χ2n) is 3.07. The predicted molar refractivity (Wildman–Crippen MR) is 44.9 cm³/mol. The zero-order chi connectivity index (χ0) is 15.6. The van der Waals surface area contributed by atoms with Gasteiger partial charge in [-0.3, -0.25) is 0 Å². The van der Waals surface area contributed by atoms with E-state index in [0.717, 1.165) is 0 Å². The molecule has 0 atom stereocenters. The molecule has 0 heterocycles. The minimum absolute atomic E-state index is 0.311. The number of allylic oxidation sites excluding steroid dienone is 1. The van der Waals surface area contributed by atoms with E-state index < -0.39 is 41.5 Å². The van der Waals surface area contributed by atoms with Crippen molar-refractivity contribution in [3.05, 3.63) is 11.3 Å². The van der Waals surface area contributed by atoms with E-state index >= 15 is 0 Å². The van der Waals surface area contributed by atoms with E-state index in [1.165, 1.54) is 0 Å². The number of hydrogen-bond donors (Lipinski definition) is 2. The van der Waals surface area contributed by atoms with Crippen molar-refractivity contribution in [2.45, 2.75) is 12.4 Å². The van der Waals surface area contributed by atoms with Crippen LogP contribution in [-0.2, 0) is 14.3 Å². The topological polar surface area (TPSA) is 83.8 Å². The second kappa shape index (κ2) is 5.36. The number of carbonyl (C=O) groups is 2. The lowest BCUT2D eigenvalue weighted by Crippen LogP contribution is -2.40. The highest BCUT2D eigenvalue weighted by Gasteiger charge is 2.61. The highest BCUT2D eigenvalue weighted by Crippen LogP contribution is 2.44. The third-order valence-electron chi connectivity index (χ3n) is 1.81. The Bertz CT molecular complexity index is 377. The van der Waals surface area contributed by atoms with Crippen LogP contribution >= 0.6 is 0 Å². The molecule has 0 aromatic carbocycles. The fourth-order valence-electron chi connectivity index (χ4n) is 1.15. The van der Waals surface area contributed by atoms with Gasteiger partial charge in [-0.1, -0.05) is 0 Å². The summed E-state index contributed by atoms with van der Waals surface area (Å²) in [5.41, 5.74) is -2.14. The molecule has 0 aromatic heterocycles. The fourth-order valence-corrected chi connectivity index (χ4v) is 1.15. The van der Waals surface area contributed by atoms with Crippen LogP contribution in [0.2, 0.25) is 0 Å². The number of carboxylic acid groups (broad SMARTS) is 2. The molecule has 0 fully saturated rings. The lowest BCUT2D eigenvalue weighted by atomic mass is 10.0. The monoisotopic (exact) mass is 296 g/mol. The summed E-state index contributed by atoms with van der Waals surface area (Å²) in [7, 11) is 0.311. The van der Waals surface area contributed by atoms with Crippen LogP contribution in [0.3, 0.4) is 0 Å². The van der Waals surface area contributed by atoms with Crippen molar-refractivity contribution in [1.82, 2.24) is 0 Å². The zero-order valence-corrected chi connectivity index (χ0v) is 8.96. The van der Waals surface area contributed by atoms with Crippen molar-refractivity contribution < 1.29 is 50.9 Å². The molecule has 0 aliphatic rings. The van der Waals surface area contributed by atoms with E-state index in [4.69, 9.17) is 10.2 Å². The van der Waals surface area contributed by atoms with Crippen molar-refractivity contribution in [1.29, 1.82) is 0 Å². The summed E-state index contributed by atoms with van der Waals surface area (Å²) < 4.78 is 77.6.